The summed E-state index contributed by atoms with van der Waals surface area (Å²) in [4.78, 5) is 28.9. The summed E-state index contributed by atoms with van der Waals surface area (Å²) in [6.07, 6.45) is 1.60. The molecule has 96 valence electrons. The number of hydrogen-bond donors (Lipinski definition) is 2. The number of hydrogen-bond acceptors (Lipinski definition) is 5. The van der Waals surface area contributed by atoms with E-state index in [1.807, 2.05) is 0 Å². The molecule has 7 heteroatoms. The number of nitrogens with zero attached hydrogens (tertiary/aromatic N) is 2. The molecule has 0 radical (unpaired) electrons. The van der Waals surface area contributed by atoms with Gasteiger partial charge in [-0.05, 0) is 12.1 Å². The fraction of sp³-hybridized carbons (Fsp3) is 0.0833. The molecule has 0 saturated heterocycles. The average Bonchev–Trinajstić information content (AvgIpc) is 2.81. The molecule has 0 atom stereocenters. The third-order valence-electron chi connectivity index (χ3n) is 2.77. The lowest BCUT2D eigenvalue weighted by Crippen LogP contribution is -2.29. The van der Waals surface area contributed by atoms with Crippen molar-refractivity contribution in [1.82, 2.24) is 14.8 Å². The molecular formula is C12H10N4O2S. The van der Waals surface area contributed by atoms with Crippen LogP contribution in [-0.2, 0) is 6.54 Å². The van der Waals surface area contributed by atoms with Crippen LogP contribution in [0.3, 0.4) is 0 Å². The van der Waals surface area contributed by atoms with Crippen molar-refractivity contribution in [3.63, 3.8) is 0 Å². The van der Waals surface area contributed by atoms with Crippen LogP contribution in [0.5, 0.6) is 0 Å². The SMILES string of the molecule is Nc1ncc(Cn2[nH]c(=O)c3ccccc3c2=O)s1. The van der Waals surface area contributed by atoms with Crippen LogP contribution in [0.15, 0.2) is 40.1 Å². The van der Waals surface area contributed by atoms with Crippen molar-refractivity contribution < 1.29 is 0 Å². The van der Waals surface area contributed by atoms with Crippen LogP contribution >= 0.6 is 11.3 Å². The standard InChI is InChI=1S/C12H10N4O2S/c13-12-14-5-7(19-12)6-16-11(18)9-4-2-1-3-8(9)10(17)15-16/h1-5H,6H2,(H2,13,14)(H,15,17). The molecule has 19 heavy (non-hydrogen) atoms. The van der Waals surface area contributed by atoms with E-state index < -0.39 is 0 Å². The third-order valence-corrected chi connectivity index (χ3v) is 3.58. The number of aromatic amines is 1. The zero-order valence-electron chi connectivity index (χ0n) is 9.79. The first-order chi connectivity index (χ1) is 9.15. The molecule has 0 aliphatic rings. The van der Waals surface area contributed by atoms with Gasteiger partial charge in [-0.1, -0.05) is 12.1 Å². The largest absolute Gasteiger partial charge is 0.375 e. The summed E-state index contributed by atoms with van der Waals surface area (Å²) in [6, 6.07) is 6.73. The van der Waals surface area contributed by atoms with Gasteiger partial charge < -0.3 is 5.73 Å². The lowest BCUT2D eigenvalue weighted by atomic mass is 10.2. The van der Waals surface area contributed by atoms with Crippen LogP contribution in [0.25, 0.3) is 10.8 Å². The first-order valence-corrected chi connectivity index (χ1v) is 6.39. The Hall–Kier alpha value is -2.41. The lowest BCUT2D eigenvalue weighted by Gasteiger charge is -2.04. The molecule has 2 heterocycles. The van der Waals surface area contributed by atoms with Crippen LogP contribution in [0.2, 0.25) is 0 Å². The number of benzene rings is 1. The number of nitrogens with two attached hydrogens (primary N) is 1. The number of nitrogens with one attached hydrogen (secondary N) is 1. The van der Waals surface area contributed by atoms with E-state index in [1.165, 1.54) is 16.0 Å². The zero-order valence-corrected chi connectivity index (χ0v) is 10.6. The van der Waals surface area contributed by atoms with E-state index in [1.54, 1.807) is 30.5 Å². The van der Waals surface area contributed by atoms with Gasteiger partial charge in [0, 0.05) is 11.1 Å². The van der Waals surface area contributed by atoms with Gasteiger partial charge in [-0.3, -0.25) is 14.7 Å². The lowest BCUT2D eigenvalue weighted by molar-refractivity contribution is 0.642. The van der Waals surface area contributed by atoms with Crippen molar-refractivity contribution in [1.29, 1.82) is 0 Å². The summed E-state index contributed by atoms with van der Waals surface area (Å²) < 4.78 is 1.28. The van der Waals surface area contributed by atoms with E-state index in [2.05, 4.69) is 10.1 Å². The molecule has 0 fully saturated rings. The maximum absolute atomic E-state index is 12.2. The van der Waals surface area contributed by atoms with E-state index in [0.29, 0.717) is 15.9 Å². The minimum atomic E-state index is -0.285. The second kappa shape index (κ2) is 4.36. The highest BCUT2D eigenvalue weighted by molar-refractivity contribution is 7.15. The fourth-order valence-corrected chi connectivity index (χ4v) is 2.58. The van der Waals surface area contributed by atoms with Crippen molar-refractivity contribution in [2.75, 3.05) is 5.73 Å². The summed E-state index contributed by atoms with van der Waals surface area (Å²) >= 11 is 1.29. The highest BCUT2D eigenvalue weighted by Crippen LogP contribution is 2.14. The van der Waals surface area contributed by atoms with Crippen molar-refractivity contribution in [3.05, 3.63) is 56.0 Å². The smallest absolute Gasteiger partial charge is 0.273 e. The van der Waals surface area contributed by atoms with Gasteiger partial charge in [0.2, 0.25) is 0 Å². The molecule has 6 nitrogen and oxygen atoms in total. The van der Waals surface area contributed by atoms with Gasteiger partial charge in [-0.15, -0.1) is 11.3 Å². The van der Waals surface area contributed by atoms with E-state index in [-0.39, 0.29) is 17.7 Å². The number of thiazole rings is 1. The van der Waals surface area contributed by atoms with Gasteiger partial charge in [0.05, 0.1) is 17.3 Å². The maximum Gasteiger partial charge on any atom is 0.273 e. The molecule has 0 saturated carbocycles. The summed E-state index contributed by atoms with van der Waals surface area (Å²) in [7, 11) is 0. The normalized spacial score (nSPS) is 10.9. The number of H-pyrrole nitrogens is 1. The number of nitrogen functional groups attached to an aromatic ring is 1. The Bertz CT molecular complexity index is 862. The predicted molar refractivity (Wildman–Crippen MR) is 74.5 cm³/mol. The van der Waals surface area contributed by atoms with Crippen molar-refractivity contribution in [3.8, 4) is 0 Å². The van der Waals surface area contributed by atoms with Gasteiger partial charge in [-0.25, -0.2) is 9.67 Å². The Kier molecular flexibility index (Phi) is 2.68. The predicted octanol–water partition coefficient (Wildman–Crippen LogP) is 0.777. The second-order valence-corrected chi connectivity index (χ2v) is 5.19. The van der Waals surface area contributed by atoms with Crippen molar-refractivity contribution >= 4 is 27.2 Å². The van der Waals surface area contributed by atoms with Crippen molar-refractivity contribution in [2.45, 2.75) is 6.54 Å². The van der Waals surface area contributed by atoms with E-state index >= 15 is 0 Å². The molecule has 0 spiro atoms. The molecule has 0 amide bonds. The molecule has 0 aliphatic heterocycles. The van der Waals surface area contributed by atoms with Gasteiger partial charge in [0.1, 0.15) is 0 Å². The van der Waals surface area contributed by atoms with E-state index in [4.69, 9.17) is 5.73 Å². The second-order valence-electron chi connectivity index (χ2n) is 4.04. The highest BCUT2D eigenvalue weighted by Gasteiger charge is 2.08. The molecule has 0 bridgehead atoms. The van der Waals surface area contributed by atoms with Crippen LogP contribution in [0, 0.1) is 0 Å². The summed E-state index contributed by atoms with van der Waals surface area (Å²) in [5.41, 5.74) is 5.02. The van der Waals surface area contributed by atoms with Crippen LogP contribution in [-0.4, -0.2) is 14.8 Å². The van der Waals surface area contributed by atoms with Crippen LogP contribution in [0.4, 0.5) is 5.13 Å². The van der Waals surface area contributed by atoms with Crippen LogP contribution in [0.1, 0.15) is 4.88 Å². The van der Waals surface area contributed by atoms with E-state index in [0.717, 1.165) is 4.88 Å². The topological polar surface area (TPSA) is 93.8 Å². The summed E-state index contributed by atoms with van der Waals surface area (Å²) in [5.74, 6) is 0. The summed E-state index contributed by atoms with van der Waals surface area (Å²) in [5, 5.41) is 3.80. The van der Waals surface area contributed by atoms with Crippen LogP contribution < -0.4 is 16.9 Å². The number of anilines is 1. The maximum atomic E-state index is 12.2. The molecule has 3 rings (SSSR count). The first-order valence-electron chi connectivity index (χ1n) is 5.57. The zero-order chi connectivity index (χ0) is 13.4. The van der Waals surface area contributed by atoms with Gasteiger partial charge in [0.25, 0.3) is 11.1 Å². The minimum absolute atomic E-state index is 0.234. The van der Waals surface area contributed by atoms with Gasteiger partial charge >= 0.3 is 0 Å². The monoisotopic (exact) mass is 274 g/mol. The fourth-order valence-electron chi connectivity index (χ4n) is 1.91. The Morgan fingerprint density at radius 1 is 1.26 bits per heavy atom. The molecule has 3 N–H and O–H groups in total. The highest BCUT2D eigenvalue weighted by atomic mass is 32.1. The quantitative estimate of drug-likeness (QED) is 0.722. The number of fused-ring (bicyclic) bond motifs is 1. The van der Waals surface area contributed by atoms with Crippen molar-refractivity contribution in [2.24, 2.45) is 0 Å². The molecule has 0 unspecified atom stereocenters. The van der Waals surface area contributed by atoms with Gasteiger partial charge in [0.15, 0.2) is 5.13 Å². The number of rotatable bonds is 2. The molecule has 2 aromatic heterocycles. The molecule has 1 aromatic carbocycles. The number of aromatic nitrogens is 3. The Labute approximate surface area is 111 Å². The molecule has 0 aliphatic carbocycles. The molecular weight excluding hydrogens is 264 g/mol. The Morgan fingerprint density at radius 3 is 2.68 bits per heavy atom. The summed E-state index contributed by atoms with van der Waals surface area (Å²) in [6.45, 7) is 0.258. The Morgan fingerprint density at radius 2 is 2.00 bits per heavy atom. The Balaban J connectivity index is 2.17. The first kappa shape index (κ1) is 11.7. The van der Waals surface area contributed by atoms with E-state index in [9.17, 15) is 9.59 Å². The average molecular weight is 274 g/mol. The third kappa shape index (κ3) is 2.04. The van der Waals surface area contributed by atoms with Gasteiger partial charge in [-0.2, -0.15) is 0 Å². The minimum Gasteiger partial charge on any atom is -0.375 e. The molecule has 3 aromatic rings.